The van der Waals surface area contributed by atoms with Crippen LogP contribution in [0, 0.1) is 0 Å². The van der Waals surface area contributed by atoms with Crippen molar-refractivity contribution in [3.8, 4) is 11.1 Å². The summed E-state index contributed by atoms with van der Waals surface area (Å²) in [5.41, 5.74) is 2.60. The second kappa shape index (κ2) is 10.6. The van der Waals surface area contributed by atoms with Crippen molar-refractivity contribution in [3.63, 3.8) is 0 Å². The quantitative estimate of drug-likeness (QED) is 0.545. The number of hydrogen-bond acceptors (Lipinski definition) is 6. The molecule has 0 fully saturated rings. The number of carbonyl (C=O) groups excluding carboxylic acids is 3. The van der Waals surface area contributed by atoms with E-state index in [1.807, 2.05) is 48.5 Å². The van der Waals surface area contributed by atoms with Gasteiger partial charge in [0.05, 0.1) is 12.6 Å². The Hall–Kier alpha value is -4.07. The molecule has 0 radical (unpaired) electrons. The minimum absolute atomic E-state index is 0.0550. The Morgan fingerprint density at radius 2 is 1.74 bits per heavy atom. The van der Waals surface area contributed by atoms with Gasteiger partial charge in [0.1, 0.15) is 5.69 Å². The molecule has 0 bridgehead atoms. The number of aromatic nitrogens is 2. The molecule has 2 aromatic carbocycles. The summed E-state index contributed by atoms with van der Waals surface area (Å²) in [7, 11) is 0. The van der Waals surface area contributed by atoms with Crippen LogP contribution in [0.4, 0.5) is 5.69 Å². The van der Waals surface area contributed by atoms with Gasteiger partial charge in [0.2, 0.25) is 0 Å². The smallest absolute Gasteiger partial charge is 0.308 e. The Morgan fingerprint density at radius 3 is 2.48 bits per heavy atom. The molecule has 8 nitrogen and oxygen atoms in total. The summed E-state index contributed by atoms with van der Waals surface area (Å²) < 4.78 is 5.19. The first-order chi connectivity index (χ1) is 15.0. The molecular formula is C23H22N4O4. The van der Waals surface area contributed by atoms with E-state index >= 15 is 0 Å². The van der Waals surface area contributed by atoms with E-state index in [4.69, 9.17) is 4.74 Å². The first-order valence-electron chi connectivity index (χ1n) is 9.73. The van der Waals surface area contributed by atoms with Gasteiger partial charge >= 0.3 is 5.97 Å². The molecule has 0 unspecified atom stereocenters. The number of para-hydroxylation sites is 1. The van der Waals surface area contributed by atoms with E-state index in [1.165, 1.54) is 25.5 Å². The lowest BCUT2D eigenvalue weighted by molar-refractivity contribution is -0.153. The number of benzene rings is 2. The Morgan fingerprint density at radius 1 is 1.00 bits per heavy atom. The standard InChI is InChI=1S/C23H22N4O4/c1-16(31-21(28)11-12-26-23(30)20-15-24-13-14-25-20)22(29)27-19-10-6-5-9-18(19)17-7-3-2-4-8-17/h2-10,13-16H,11-12H2,1H3,(H,26,30)(H,27,29)/t16-/m0/s1. The zero-order valence-electron chi connectivity index (χ0n) is 16.9. The highest BCUT2D eigenvalue weighted by atomic mass is 16.5. The molecule has 1 heterocycles. The van der Waals surface area contributed by atoms with Crippen molar-refractivity contribution < 1.29 is 19.1 Å². The highest BCUT2D eigenvalue weighted by Crippen LogP contribution is 2.27. The van der Waals surface area contributed by atoms with Crippen molar-refractivity contribution in [2.24, 2.45) is 0 Å². The van der Waals surface area contributed by atoms with Gasteiger partial charge in [-0.2, -0.15) is 0 Å². The maximum Gasteiger partial charge on any atom is 0.308 e. The summed E-state index contributed by atoms with van der Waals surface area (Å²) in [6, 6.07) is 17.0. The molecule has 3 aromatic rings. The Bertz CT molecular complexity index is 1040. The van der Waals surface area contributed by atoms with Crippen molar-refractivity contribution in [2.45, 2.75) is 19.4 Å². The molecule has 0 saturated carbocycles. The minimum Gasteiger partial charge on any atom is -0.452 e. The van der Waals surface area contributed by atoms with Crippen LogP contribution in [-0.2, 0) is 14.3 Å². The Labute approximate surface area is 179 Å². The number of carbonyl (C=O) groups is 3. The third-order valence-corrected chi connectivity index (χ3v) is 4.36. The van der Waals surface area contributed by atoms with Crippen LogP contribution in [0.15, 0.2) is 73.2 Å². The summed E-state index contributed by atoms with van der Waals surface area (Å²) in [5.74, 6) is -1.48. The molecule has 0 spiro atoms. The SMILES string of the molecule is C[C@H](OC(=O)CCNC(=O)c1cnccn1)C(=O)Nc1ccccc1-c1ccccc1. The highest BCUT2D eigenvalue weighted by Gasteiger charge is 2.19. The third kappa shape index (κ3) is 6.20. The van der Waals surface area contributed by atoms with Gasteiger partial charge in [-0.1, -0.05) is 48.5 Å². The normalized spacial score (nSPS) is 11.3. The summed E-state index contributed by atoms with van der Waals surface area (Å²) >= 11 is 0. The molecule has 1 atom stereocenters. The molecule has 1 aromatic heterocycles. The summed E-state index contributed by atoms with van der Waals surface area (Å²) in [6.45, 7) is 1.55. The number of rotatable bonds is 8. The summed E-state index contributed by atoms with van der Waals surface area (Å²) in [4.78, 5) is 44.1. The van der Waals surface area contributed by atoms with Crippen molar-refractivity contribution in [3.05, 3.63) is 78.9 Å². The van der Waals surface area contributed by atoms with Crippen LogP contribution in [-0.4, -0.2) is 40.4 Å². The van der Waals surface area contributed by atoms with Gasteiger partial charge < -0.3 is 15.4 Å². The minimum atomic E-state index is -0.993. The van der Waals surface area contributed by atoms with E-state index in [0.717, 1.165) is 11.1 Å². The molecule has 3 rings (SSSR count). The van der Waals surface area contributed by atoms with Gasteiger partial charge in [0.15, 0.2) is 6.10 Å². The second-order valence-corrected chi connectivity index (χ2v) is 6.63. The Balaban J connectivity index is 1.50. The number of anilines is 1. The van der Waals surface area contributed by atoms with E-state index in [0.29, 0.717) is 5.69 Å². The van der Waals surface area contributed by atoms with Gasteiger partial charge in [-0.3, -0.25) is 19.4 Å². The van der Waals surface area contributed by atoms with Crippen LogP contribution in [0.5, 0.6) is 0 Å². The second-order valence-electron chi connectivity index (χ2n) is 6.63. The third-order valence-electron chi connectivity index (χ3n) is 4.36. The van der Waals surface area contributed by atoms with E-state index in [9.17, 15) is 14.4 Å². The number of amides is 2. The molecule has 2 amide bonds. The van der Waals surface area contributed by atoms with Crippen LogP contribution in [0.3, 0.4) is 0 Å². The molecule has 0 aliphatic heterocycles. The number of nitrogens with one attached hydrogen (secondary N) is 2. The van der Waals surface area contributed by atoms with Gasteiger partial charge in [0.25, 0.3) is 11.8 Å². The van der Waals surface area contributed by atoms with Crippen molar-refractivity contribution >= 4 is 23.5 Å². The average Bonchev–Trinajstić information content (AvgIpc) is 2.80. The molecule has 31 heavy (non-hydrogen) atoms. The molecule has 158 valence electrons. The topological polar surface area (TPSA) is 110 Å². The van der Waals surface area contributed by atoms with Gasteiger partial charge in [0, 0.05) is 30.2 Å². The number of esters is 1. The largest absolute Gasteiger partial charge is 0.452 e. The highest BCUT2D eigenvalue weighted by molar-refractivity contribution is 5.98. The lowest BCUT2D eigenvalue weighted by Crippen LogP contribution is -2.32. The molecule has 2 N–H and O–H groups in total. The van der Waals surface area contributed by atoms with Crippen molar-refractivity contribution in [1.29, 1.82) is 0 Å². The predicted octanol–water partition coefficient (Wildman–Crippen LogP) is 2.83. The zero-order valence-corrected chi connectivity index (χ0v) is 16.9. The summed E-state index contributed by atoms with van der Waals surface area (Å²) in [5, 5.41) is 5.36. The van der Waals surface area contributed by atoms with E-state index in [-0.39, 0.29) is 18.7 Å². The monoisotopic (exact) mass is 418 g/mol. The maximum atomic E-state index is 12.5. The van der Waals surface area contributed by atoms with Gasteiger partial charge in [-0.15, -0.1) is 0 Å². The van der Waals surface area contributed by atoms with E-state index < -0.39 is 23.9 Å². The fourth-order valence-electron chi connectivity index (χ4n) is 2.79. The predicted molar refractivity (Wildman–Crippen MR) is 115 cm³/mol. The number of nitrogens with zero attached hydrogens (tertiary/aromatic N) is 2. The average molecular weight is 418 g/mol. The van der Waals surface area contributed by atoms with Crippen LogP contribution in [0.1, 0.15) is 23.8 Å². The van der Waals surface area contributed by atoms with Crippen molar-refractivity contribution in [1.82, 2.24) is 15.3 Å². The molecule has 0 aliphatic carbocycles. The maximum absolute atomic E-state index is 12.5. The van der Waals surface area contributed by atoms with Crippen LogP contribution in [0.2, 0.25) is 0 Å². The first kappa shape index (κ1) is 21.6. The summed E-state index contributed by atoms with van der Waals surface area (Å²) in [6.07, 6.45) is 3.11. The molecular weight excluding hydrogens is 396 g/mol. The van der Waals surface area contributed by atoms with Gasteiger partial charge in [-0.25, -0.2) is 4.98 Å². The molecule has 0 saturated heterocycles. The molecule has 0 aliphatic rings. The van der Waals surface area contributed by atoms with Crippen molar-refractivity contribution in [2.75, 3.05) is 11.9 Å². The number of hydrogen-bond donors (Lipinski definition) is 2. The van der Waals surface area contributed by atoms with E-state index in [1.54, 1.807) is 6.07 Å². The van der Waals surface area contributed by atoms with Crippen LogP contribution < -0.4 is 10.6 Å². The fraction of sp³-hybridized carbons (Fsp3) is 0.174. The Kier molecular flexibility index (Phi) is 7.42. The van der Waals surface area contributed by atoms with Crippen LogP contribution in [0.25, 0.3) is 11.1 Å². The van der Waals surface area contributed by atoms with E-state index in [2.05, 4.69) is 20.6 Å². The van der Waals surface area contributed by atoms with Crippen LogP contribution >= 0.6 is 0 Å². The molecule has 8 heteroatoms. The lowest BCUT2D eigenvalue weighted by Gasteiger charge is -2.16. The fourth-order valence-corrected chi connectivity index (χ4v) is 2.79. The van der Waals surface area contributed by atoms with Gasteiger partial charge in [-0.05, 0) is 18.6 Å². The zero-order chi connectivity index (χ0) is 22.1. The lowest BCUT2D eigenvalue weighted by atomic mass is 10.0. The number of ether oxygens (including phenoxy) is 1. The first-order valence-corrected chi connectivity index (χ1v) is 9.73.